The number of para-hydroxylation sites is 2. The summed E-state index contributed by atoms with van der Waals surface area (Å²) in [6, 6.07) is 21.7. The summed E-state index contributed by atoms with van der Waals surface area (Å²) in [7, 11) is 0. The minimum absolute atomic E-state index is 0.133. The van der Waals surface area contributed by atoms with Gasteiger partial charge in [-0.1, -0.05) is 52.3 Å². The van der Waals surface area contributed by atoms with E-state index in [1.807, 2.05) is 60.7 Å². The van der Waals surface area contributed by atoms with E-state index < -0.39 is 6.04 Å². The number of hydrogen-bond donors (Lipinski definition) is 4. The van der Waals surface area contributed by atoms with Crippen LogP contribution in [-0.4, -0.2) is 56.1 Å². The van der Waals surface area contributed by atoms with Gasteiger partial charge in [-0.25, -0.2) is 0 Å². The Labute approximate surface area is 237 Å². The van der Waals surface area contributed by atoms with Gasteiger partial charge in [-0.05, 0) is 73.1 Å². The van der Waals surface area contributed by atoms with Crippen LogP contribution in [0.15, 0.2) is 83.3 Å². The average Bonchev–Trinajstić information content (AvgIpc) is 2.95. The predicted molar refractivity (Wildman–Crippen MR) is 160 cm³/mol. The van der Waals surface area contributed by atoms with E-state index in [0.29, 0.717) is 17.9 Å². The highest BCUT2D eigenvalue weighted by atomic mass is 79.9. The molecule has 5 N–H and O–H groups in total. The molecule has 0 bridgehead atoms. The lowest BCUT2D eigenvalue weighted by Crippen LogP contribution is -2.39. The van der Waals surface area contributed by atoms with Crippen molar-refractivity contribution < 1.29 is 14.3 Å². The van der Waals surface area contributed by atoms with Crippen molar-refractivity contribution in [3.8, 4) is 0 Å². The maximum atomic E-state index is 13.3. The van der Waals surface area contributed by atoms with Crippen LogP contribution in [0.4, 0.5) is 17.1 Å². The van der Waals surface area contributed by atoms with Gasteiger partial charge < -0.3 is 26.4 Å². The van der Waals surface area contributed by atoms with Crippen LogP contribution in [0.25, 0.3) is 6.08 Å². The quantitative estimate of drug-likeness (QED) is 0.146. The molecule has 3 aromatic rings. The molecule has 8 nitrogen and oxygen atoms in total. The lowest BCUT2D eigenvalue weighted by molar-refractivity contribution is -0.118. The molecular formula is C30H34BrN5O3. The number of carbonyl (C=O) groups excluding carboxylic acids is 2. The molecule has 1 fully saturated rings. The molecule has 0 radical (unpaired) electrons. The molecule has 1 unspecified atom stereocenters. The Morgan fingerprint density at radius 2 is 1.69 bits per heavy atom. The van der Waals surface area contributed by atoms with E-state index in [0.717, 1.165) is 60.6 Å². The van der Waals surface area contributed by atoms with E-state index in [-0.39, 0.29) is 11.8 Å². The van der Waals surface area contributed by atoms with Crippen LogP contribution in [-0.2, 0) is 14.3 Å². The lowest BCUT2D eigenvalue weighted by atomic mass is 10.0. The topological polar surface area (TPSA) is 109 Å². The second-order valence-corrected chi connectivity index (χ2v) is 10.2. The summed E-state index contributed by atoms with van der Waals surface area (Å²) in [5.41, 5.74) is 9.39. The molecule has 204 valence electrons. The Balaban J connectivity index is 1.39. The van der Waals surface area contributed by atoms with Crippen molar-refractivity contribution in [1.29, 1.82) is 0 Å². The molecule has 0 aliphatic carbocycles. The first-order valence-corrected chi connectivity index (χ1v) is 13.8. The first-order valence-electron chi connectivity index (χ1n) is 13.0. The third-order valence-corrected chi connectivity index (χ3v) is 6.92. The predicted octanol–water partition coefficient (Wildman–Crippen LogP) is 4.67. The molecule has 1 heterocycles. The minimum atomic E-state index is -0.527. The summed E-state index contributed by atoms with van der Waals surface area (Å²) in [4.78, 5) is 28.0. The summed E-state index contributed by atoms with van der Waals surface area (Å²) >= 11 is 3.43. The van der Waals surface area contributed by atoms with Crippen LogP contribution < -0.4 is 21.7 Å². The summed E-state index contributed by atoms with van der Waals surface area (Å²) in [5, 5.41) is 9.23. The van der Waals surface area contributed by atoms with Gasteiger partial charge in [0.2, 0.25) is 11.8 Å². The van der Waals surface area contributed by atoms with Gasteiger partial charge in [-0.3, -0.25) is 14.5 Å². The second kappa shape index (κ2) is 14.6. The van der Waals surface area contributed by atoms with Crippen LogP contribution in [0, 0.1) is 0 Å². The molecule has 1 saturated heterocycles. The first-order chi connectivity index (χ1) is 19.0. The maximum absolute atomic E-state index is 13.3. The molecule has 2 amide bonds. The Bertz CT molecular complexity index is 1260. The monoisotopic (exact) mass is 591 g/mol. The van der Waals surface area contributed by atoms with Gasteiger partial charge in [-0.2, -0.15) is 0 Å². The lowest BCUT2D eigenvalue weighted by Gasteiger charge is -2.27. The summed E-state index contributed by atoms with van der Waals surface area (Å²) < 4.78 is 6.37. The van der Waals surface area contributed by atoms with Crippen molar-refractivity contribution in [1.82, 2.24) is 10.2 Å². The number of halogens is 1. The summed E-state index contributed by atoms with van der Waals surface area (Å²) in [6.07, 6.45) is 4.11. The molecule has 3 aromatic carbocycles. The number of rotatable bonds is 11. The molecule has 4 rings (SSSR count). The first kappa shape index (κ1) is 28.5. The van der Waals surface area contributed by atoms with E-state index in [4.69, 9.17) is 10.5 Å². The van der Waals surface area contributed by atoms with Gasteiger partial charge in [0, 0.05) is 29.3 Å². The number of morpholine rings is 1. The Kier molecular flexibility index (Phi) is 10.7. The number of hydrogen-bond acceptors (Lipinski definition) is 6. The van der Waals surface area contributed by atoms with E-state index in [2.05, 4.69) is 36.8 Å². The van der Waals surface area contributed by atoms with Gasteiger partial charge in [0.15, 0.2) is 0 Å². The van der Waals surface area contributed by atoms with Crippen molar-refractivity contribution >= 4 is 50.9 Å². The van der Waals surface area contributed by atoms with Crippen LogP contribution in [0.5, 0.6) is 0 Å². The van der Waals surface area contributed by atoms with E-state index in [1.165, 1.54) is 6.08 Å². The average molecular weight is 593 g/mol. The number of nitrogens with one attached hydrogen (secondary N) is 3. The van der Waals surface area contributed by atoms with Crippen molar-refractivity contribution in [3.05, 3.63) is 94.5 Å². The van der Waals surface area contributed by atoms with Crippen LogP contribution in [0.2, 0.25) is 0 Å². The summed E-state index contributed by atoms with van der Waals surface area (Å²) in [5.74, 6) is -0.405. The zero-order valence-corrected chi connectivity index (χ0v) is 23.3. The third-order valence-electron chi connectivity index (χ3n) is 6.39. The van der Waals surface area contributed by atoms with Crippen LogP contribution in [0.3, 0.4) is 0 Å². The molecule has 9 heteroatoms. The Morgan fingerprint density at radius 3 is 2.41 bits per heavy atom. The molecule has 0 spiro atoms. The van der Waals surface area contributed by atoms with Gasteiger partial charge in [0.05, 0.1) is 24.6 Å². The highest BCUT2D eigenvalue weighted by molar-refractivity contribution is 9.10. The fourth-order valence-electron chi connectivity index (χ4n) is 4.24. The van der Waals surface area contributed by atoms with Gasteiger partial charge in [-0.15, -0.1) is 0 Å². The molecule has 0 aromatic heterocycles. The molecule has 1 aliphatic heterocycles. The van der Waals surface area contributed by atoms with Crippen LogP contribution in [0.1, 0.15) is 23.6 Å². The SMILES string of the molecule is Nc1ccccc1NC(=O)/C=C/c1ccc(C(NCCCN2CCOCC2)C(=O)Nc2ccc(Br)cc2)cc1. The molecule has 1 aliphatic rings. The number of anilines is 3. The van der Waals surface area contributed by atoms with Gasteiger partial charge in [0.25, 0.3) is 0 Å². The van der Waals surface area contributed by atoms with Crippen molar-refractivity contribution in [2.45, 2.75) is 12.5 Å². The minimum Gasteiger partial charge on any atom is -0.397 e. The fourth-order valence-corrected chi connectivity index (χ4v) is 4.50. The molecule has 0 saturated carbocycles. The second-order valence-electron chi connectivity index (χ2n) is 9.27. The highest BCUT2D eigenvalue weighted by Crippen LogP contribution is 2.20. The zero-order valence-electron chi connectivity index (χ0n) is 21.7. The van der Waals surface area contributed by atoms with Crippen LogP contribution >= 0.6 is 15.9 Å². The molecular weight excluding hydrogens is 558 g/mol. The number of nitrogens with zero attached hydrogens (tertiary/aromatic N) is 1. The van der Waals surface area contributed by atoms with Crippen molar-refractivity contribution in [2.24, 2.45) is 0 Å². The smallest absolute Gasteiger partial charge is 0.248 e. The fraction of sp³-hybridized carbons (Fsp3) is 0.267. The number of nitrogens with two attached hydrogens (primary N) is 1. The van der Waals surface area contributed by atoms with Gasteiger partial charge in [0.1, 0.15) is 6.04 Å². The largest absolute Gasteiger partial charge is 0.397 e. The number of nitrogen functional groups attached to an aromatic ring is 1. The number of carbonyl (C=O) groups is 2. The van der Waals surface area contributed by atoms with E-state index in [1.54, 1.807) is 18.2 Å². The highest BCUT2D eigenvalue weighted by Gasteiger charge is 2.20. The molecule has 39 heavy (non-hydrogen) atoms. The number of benzene rings is 3. The van der Waals surface area contributed by atoms with E-state index in [9.17, 15) is 9.59 Å². The Morgan fingerprint density at radius 1 is 0.974 bits per heavy atom. The zero-order chi connectivity index (χ0) is 27.5. The van der Waals surface area contributed by atoms with E-state index >= 15 is 0 Å². The number of amides is 2. The van der Waals surface area contributed by atoms with Gasteiger partial charge >= 0.3 is 0 Å². The van der Waals surface area contributed by atoms with Crippen molar-refractivity contribution in [2.75, 3.05) is 55.8 Å². The standard InChI is InChI=1S/C30H34BrN5O3/c31-24-11-13-25(14-12-24)34-30(38)29(33-16-3-17-36-18-20-39-21-19-36)23-9-6-22(7-10-23)8-15-28(37)35-27-5-2-1-4-26(27)32/h1-2,4-15,29,33H,3,16-21,32H2,(H,34,38)(H,35,37)/b15-8+. The summed E-state index contributed by atoms with van der Waals surface area (Å²) in [6.45, 7) is 5.08. The molecule has 1 atom stereocenters. The maximum Gasteiger partial charge on any atom is 0.248 e. The van der Waals surface area contributed by atoms with Crippen molar-refractivity contribution in [3.63, 3.8) is 0 Å². The Hall–Kier alpha value is -3.50. The third kappa shape index (κ3) is 9.04. The normalized spacial score (nSPS) is 14.7. The number of ether oxygens (including phenoxy) is 1.